The second kappa shape index (κ2) is 13.1. The summed E-state index contributed by atoms with van der Waals surface area (Å²) < 4.78 is 0. The number of aromatic amines is 1. The van der Waals surface area contributed by atoms with Crippen LogP contribution in [0.2, 0.25) is 0 Å². The molecule has 9 N–H and O–H groups in total. The molecule has 1 aromatic heterocycles. The highest BCUT2D eigenvalue weighted by Crippen LogP contribution is 2.19. The van der Waals surface area contributed by atoms with Crippen molar-refractivity contribution < 1.29 is 39.3 Å². The first kappa shape index (κ1) is 28.7. The maximum absolute atomic E-state index is 13.1. The molecule has 3 aromatic rings. The number of rotatable bonds is 13. The smallest absolute Gasteiger partial charge is 0.322 e. The van der Waals surface area contributed by atoms with Crippen molar-refractivity contribution in [3.8, 4) is 5.75 Å². The highest BCUT2D eigenvalue weighted by atomic mass is 16.4. The van der Waals surface area contributed by atoms with E-state index in [1.807, 2.05) is 24.3 Å². The highest BCUT2D eigenvalue weighted by molar-refractivity contribution is 5.95. The number of carbonyl (C=O) groups excluding carboxylic acids is 3. The van der Waals surface area contributed by atoms with Gasteiger partial charge >= 0.3 is 11.9 Å². The fourth-order valence-corrected chi connectivity index (χ4v) is 3.93. The van der Waals surface area contributed by atoms with Crippen molar-refractivity contribution in [2.24, 2.45) is 5.73 Å². The molecule has 0 fully saturated rings. The first-order valence-corrected chi connectivity index (χ1v) is 11.9. The zero-order valence-electron chi connectivity index (χ0n) is 20.7. The van der Waals surface area contributed by atoms with Gasteiger partial charge < -0.3 is 42.0 Å². The average Bonchev–Trinajstić information content (AvgIpc) is 3.30. The number of H-pyrrole nitrogens is 1. The minimum absolute atomic E-state index is 0.0251. The number of aromatic hydroxyl groups is 1. The number of aromatic nitrogens is 1. The number of amides is 3. The van der Waals surface area contributed by atoms with E-state index in [9.17, 15) is 34.2 Å². The predicted octanol–water partition coefficient (Wildman–Crippen LogP) is -0.369. The molecular weight excluding hydrogens is 510 g/mol. The Balaban J connectivity index is 1.72. The lowest BCUT2D eigenvalue weighted by Crippen LogP contribution is -2.57. The molecule has 1 heterocycles. The number of nitrogens with two attached hydrogens (primary N) is 1. The Hall–Kier alpha value is -4.91. The van der Waals surface area contributed by atoms with Gasteiger partial charge in [0.15, 0.2) is 0 Å². The number of carboxylic acid groups (broad SMARTS) is 2. The number of nitrogens with one attached hydrogen (secondary N) is 4. The largest absolute Gasteiger partial charge is 0.508 e. The molecule has 3 amide bonds. The van der Waals surface area contributed by atoms with Gasteiger partial charge in [0.05, 0.1) is 12.5 Å². The van der Waals surface area contributed by atoms with Crippen LogP contribution in [0.5, 0.6) is 5.75 Å². The van der Waals surface area contributed by atoms with Crippen molar-refractivity contribution in [1.82, 2.24) is 20.9 Å². The number of hydrogen-bond acceptors (Lipinski definition) is 7. The van der Waals surface area contributed by atoms with Crippen molar-refractivity contribution in [3.05, 3.63) is 65.9 Å². The topological polar surface area (TPSA) is 224 Å². The summed E-state index contributed by atoms with van der Waals surface area (Å²) in [5, 5.41) is 35.5. The number of phenolic OH excluding ortho intramolecular Hbond substituents is 1. The summed E-state index contributed by atoms with van der Waals surface area (Å²) in [6.45, 7) is -0.710. The second-order valence-corrected chi connectivity index (χ2v) is 8.87. The van der Waals surface area contributed by atoms with Crippen LogP contribution in [0.15, 0.2) is 54.7 Å². The summed E-state index contributed by atoms with van der Waals surface area (Å²) >= 11 is 0. The fourth-order valence-electron chi connectivity index (χ4n) is 3.93. The van der Waals surface area contributed by atoms with Crippen LogP contribution in [0, 0.1) is 0 Å². The van der Waals surface area contributed by atoms with E-state index in [4.69, 9.17) is 10.8 Å². The Morgan fingerprint density at radius 1 is 0.821 bits per heavy atom. The van der Waals surface area contributed by atoms with Crippen molar-refractivity contribution in [2.45, 2.75) is 37.4 Å². The Labute approximate surface area is 222 Å². The summed E-state index contributed by atoms with van der Waals surface area (Å²) in [6, 6.07) is 9.14. The number of fused-ring (bicyclic) bond motifs is 1. The molecule has 0 bridgehead atoms. The zero-order chi connectivity index (χ0) is 28.5. The molecular formula is C26H29N5O8. The summed E-state index contributed by atoms with van der Waals surface area (Å²) in [4.78, 5) is 64.0. The minimum atomic E-state index is -1.57. The Morgan fingerprint density at radius 2 is 1.49 bits per heavy atom. The number of para-hydroxylation sites is 1. The predicted molar refractivity (Wildman–Crippen MR) is 139 cm³/mol. The van der Waals surface area contributed by atoms with Crippen LogP contribution in [0.25, 0.3) is 10.9 Å². The molecule has 2 aromatic carbocycles. The van der Waals surface area contributed by atoms with Crippen LogP contribution in [-0.4, -0.2) is 74.6 Å². The normalized spacial score (nSPS) is 13.2. The van der Waals surface area contributed by atoms with E-state index >= 15 is 0 Å². The van der Waals surface area contributed by atoms with E-state index in [2.05, 4.69) is 20.9 Å². The lowest BCUT2D eigenvalue weighted by atomic mass is 10.0. The number of carbonyl (C=O) groups is 5. The van der Waals surface area contributed by atoms with Gasteiger partial charge in [0.25, 0.3) is 0 Å². The molecule has 0 saturated carbocycles. The van der Waals surface area contributed by atoms with E-state index in [0.29, 0.717) is 5.56 Å². The summed E-state index contributed by atoms with van der Waals surface area (Å²) in [5.74, 6) is -5.30. The molecule has 0 aliphatic heterocycles. The van der Waals surface area contributed by atoms with Gasteiger partial charge in [-0.3, -0.25) is 24.0 Å². The Bertz CT molecular complexity index is 1350. The Kier molecular flexibility index (Phi) is 9.59. The molecule has 206 valence electrons. The molecule has 0 aliphatic carbocycles. The number of phenols is 1. The van der Waals surface area contributed by atoms with E-state index in [0.717, 1.165) is 16.5 Å². The molecule has 3 unspecified atom stereocenters. The van der Waals surface area contributed by atoms with Crippen LogP contribution < -0.4 is 21.7 Å². The zero-order valence-corrected chi connectivity index (χ0v) is 20.7. The van der Waals surface area contributed by atoms with Crippen molar-refractivity contribution in [3.63, 3.8) is 0 Å². The lowest BCUT2D eigenvalue weighted by molar-refractivity contribution is -0.141. The first-order valence-electron chi connectivity index (χ1n) is 11.9. The molecule has 0 radical (unpaired) electrons. The van der Waals surface area contributed by atoms with Crippen molar-refractivity contribution >= 4 is 40.6 Å². The van der Waals surface area contributed by atoms with Gasteiger partial charge in [-0.15, -0.1) is 0 Å². The lowest BCUT2D eigenvalue weighted by Gasteiger charge is -2.23. The standard InChI is InChI=1S/C26H29N5O8/c27-18(10-15-12-28-19-4-2-1-3-17(15)19)24(37)30-21(11-22(33)34)26(39)31-20(25(38)29-13-23(35)36)9-14-5-7-16(32)8-6-14/h1-8,12,18,20-21,28,32H,9-11,13,27H2,(H,29,38)(H,30,37)(H,31,39)(H,33,34)(H,35,36). The molecule has 0 aliphatic rings. The van der Waals surface area contributed by atoms with E-state index in [-0.39, 0.29) is 18.6 Å². The Morgan fingerprint density at radius 3 is 2.15 bits per heavy atom. The first-order chi connectivity index (χ1) is 18.5. The van der Waals surface area contributed by atoms with Crippen LogP contribution in [0.4, 0.5) is 0 Å². The summed E-state index contributed by atoms with van der Waals surface area (Å²) in [5.41, 5.74) is 8.19. The fraction of sp³-hybridized carbons (Fsp3) is 0.269. The molecule has 0 saturated heterocycles. The highest BCUT2D eigenvalue weighted by Gasteiger charge is 2.30. The van der Waals surface area contributed by atoms with Crippen LogP contribution in [-0.2, 0) is 36.8 Å². The molecule has 13 heteroatoms. The van der Waals surface area contributed by atoms with Crippen LogP contribution in [0.3, 0.4) is 0 Å². The molecule has 3 atom stereocenters. The minimum Gasteiger partial charge on any atom is -0.508 e. The van der Waals surface area contributed by atoms with Gasteiger partial charge in [-0.2, -0.15) is 0 Å². The van der Waals surface area contributed by atoms with Crippen LogP contribution >= 0.6 is 0 Å². The van der Waals surface area contributed by atoms with Crippen LogP contribution in [0.1, 0.15) is 17.5 Å². The van der Waals surface area contributed by atoms with Gasteiger partial charge in [-0.1, -0.05) is 30.3 Å². The third-order valence-corrected chi connectivity index (χ3v) is 5.89. The van der Waals surface area contributed by atoms with E-state index < -0.39 is 60.8 Å². The maximum atomic E-state index is 13.1. The monoisotopic (exact) mass is 539 g/mol. The van der Waals surface area contributed by atoms with Gasteiger partial charge in [-0.25, -0.2) is 0 Å². The SMILES string of the molecule is NC(Cc1c[nH]c2ccccc12)C(=O)NC(CC(=O)O)C(=O)NC(Cc1ccc(O)cc1)C(=O)NCC(=O)O. The van der Waals surface area contributed by atoms with Gasteiger partial charge in [0, 0.05) is 23.5 Å². The second-order valence-electron chi connectivity index (χ2n) is 8.87. The summed E-state index contributed by atoms with van der Waals surface area (Å²) in [6.07, 6.45) is 0.923. The van der Waals surface area contributed by atoms with Crippen molar-refractivity contribution in [2.75, 3.05) is 6.54 Å². The van der Waals surface area contributed by atoms with E-state index in [1.54, 1.807) is 6.20 Å². The third kappa shape index (κ3) is 8.30. The van der Waals surface area contributed by atoms with Gasteiger partial charge in [0.2, 0.25) is 17.7 Å². The average molecular weight is 540 g/mol. The number of benzene rings is 2. The molecule has 13 nitrogen and oxygen atoms in total. The quantitative estimate of drug-likeness (QED) is 0.142. The molecule has 0 spiro atoms. The van der Waals surface area contributed by atoms with Crippen molar-refractivity contribution in [1.29, 1.82) is 0 Å². The number of hydrogen-bond donors (Lipinski definition) is 8. The number of aliphatic carboxylic acids is 2. The van der Waals surface area contributed by atoms with E-state index in [1.165, 1.54) is 24.3 Å². The molecule has 39 heavy (non-hydrogen) atoms. The van der Waals surface area contributed by atoms with Gasteiger partial charge in [-0.05, 0) is 35.7 Å². The number of carboxylic acids is 2. The summed E-state index contributed by atoms with van der Waals surface area (Å²) in [7, 11) is 0. The maximum Gasteiger partial charge on any atom is 0.322 e. The van der Waals surface area contributed by atoms with Gasteiger partial charge in [0.1, 0.15) is 24.4 Å². The molecule has 3 rings (SSSR count). The third-order valence-electron chi connectivity index (χ3n) is 5.89.